The van der Waals surface area contributed by atoms with Crippen molar-refractivity contribution in [2.75, 3.05) is 0 Å². The third-order valence-corrected chi connectivity index (χ3v) is 4.95. The molecule has 0 aliphatic heterocycles. The van der Waals surface area contributed by atoms with Crippen molar-refractivity contribution >= 4 is 23.4 Å². The van der Waals surface area contributed by atoms with E-state index in [2.05, 4.69) is 11.1 Å². The van der Waals surface area contributed by atoms with Crippen molar-refractivity contribution in [3.05, 3.63) is 62.4 Å². The number of H-pyrrole nitrogens is 1. The topological polar surface area (TPSA) is 32.9 Å². The van der Waals surface area contributed by atoms with Crippen LogP contribution >= 0.6 is 23.4 Å². The Kier molecular flexibility index (Phi) is 4.18. The summed E-state index contributed by atoms with van der Waals surface area (Å²) in [4.78, 5) is 14.7. The largest absolute Gasteiger partial charge is 0.317 e. The Balaban J connectivity index is 1.84. The van der Waals surface area contributed by atoms with Crippen LogP contribution in [-0.4, -0.2) is 4.98 Å². The molecule has 1 aliphatic rings. The lowest BCUT2D eigenvalue weighted by Crippen LogP contribution is -2.14. The lowest BCUT2D eigenvalue weighted by molar-refractivity contribution is 0.665. The van der Waals surface area contributed by atoms with E-state index >= 15 is 0 Å². The summed E-state index contributed by atoms with van der Waals surface area (Å²) in [5, 5.41) is 1.79. The quantitative estimate of drug-likeness (QED) is 0.862. The van der Waals surface area contributed by atoms with E-state index in [1.807, 2.05) is 18.2 Å². The molecule has 2 aromatic rings. The fourth-order valence-electron chi connectivity index (χ4n) is 2.63. The van der Waals surface area contributed by atoms with Gasteiger partial charge in [0.25, 0.3) is 0 Å². The van der Waals surface area contributed by atoms with E-state index in [0.717, 1.165) is 28.6 Å². The number of aromatic amines is 1. The van der Waals surface area contributed by atoms with Crippen LogP contribution in [0.25, 0.3) is 0 Å². The van der Waals surface area contributed by atoms with Crippen LogP contribution in [-0.2, 0) is 18.6 Å². The first-order chi connectivity index (χ1) is 9.72. The van der Waals surface area contributed by atoms with Crippen molar-refractivity contribution in [3.63, 3.8) is 0 Å². The van der Waals surface area contributed by atoms with Crippen LogP contribution in [0.3, 0.4) is 0 Å². The number of aryl methyl sites for hydroxylation is 1. The highest BCUT2D eigenvalue weighted by Crippen LogP contribution is 2.30. The minimum atomic E-state index is 0.0132. The van der Waals surface area contributed by atoms with Crippen LogP contribution in [0.1, 0.15) is 29.5 Å². The molecular formula is C16H16ClNOS. The number of halogens is 1. The lowest BCUT2D eigenvalue weighted by atomic mass is 9.93. The van der Waals surface area contributed by atoms with E-state index in [1.165, 1.54) is 29.5 Å². The molecular weight excluding hydrogens is 290 g/mol. The highest BCUT2D eigenvalue weighted by atomic mass is 35.5. The Morgan fingerprint density at radius 2 is 2.05 bits per heavy atom. The number of hydrogen-bond donors (Lipinski definition) is 1. The van der Waals surface area contributed by atoms with Gasteiger partial charge in [-0.1, -0.05) is 23.7 Å². The van der Waals surface area contributed by atoms with E-state index < -0.39 is 0 Å². The maximum atomic E-state index is 11.7. The summed E-state index contributed by atoms with van der Waals surface area (Å²) >= 11 is 7.70. The van der Waals surface area contributed by atoms with Crippen molar-refractivity contribution in [2.24, 2.45) is 0 Å². The second-order valence-electron chi connectivity index (χ2n) is 5.09. The molecule has 0 radical (unpaired) electrons. The number of nitrogens with one attached hydrogen (secondary N) is 1. The van der Waals surface area contributed by atoms with Crippen LogP contribution in [0.15, 0.2) is 40.2 Å². The molecule has 2 nitrogen and oxygen atoms in total. The summed E-state index contributed by atoms with van der Waals surface area (Å²) < 4.78 is 0. The number of thioether (sulfide) groups is 1. The predicted octanol–water partition coefficient (Wildman–Crippen LogP) is 4.20. The van der Waals surface area contributed by atoms with Gasteiger partial charge in [0, 0.05) is 16.8 Å². The van der Waals surface area contributed by atoms with Gasteiger partial charge in [-0.25, -0.2) is 0 Å². The summed E-state index contributed by atoms with van der Waals surface area (Å²) in [6, 6.07) is 9.63. The Hall–Kier alpha value is -1.19. The fraction of sp³-hybridized carbons (Fsp3) is 0.312. The molecule has 104 valence electrons. The van der Waals surface area contributed by atoms with Gasteiger partial charge in [-0.2, -0.15) is 0 Å². The Morgan fingerprint density at radius 1 is 1.20 bits per heavy atom. The molecule has 0 saturated carbocycles. The van der Waals surface area contributed by atoms with Gasteiger partial charge in [0.15, 0.2) is 0 Å². The fourth-order valence-corrected chi connectivity index (χ4v) is 3.92. The first-order valence-corrected chi connectivity index (χ1v) is 8.21. The third kappa shape index (κ3) is 3.10. The normalized spacial score (nSPS) is 14.1. The monoisotopic (exact) mass is 305 g/mol. The first-order valence-electron chi connectivity index (χ1n) is 6.85. The molecule has 4 heteroatoms. The molecule has 0 unspecified atom stereocenters. The minimum absolute atomic E-state index is 0.0132. The molecule has 0 spiro atoms. The average Bonchev–Trinajstić information content (AvgIpc) is 2.44. The molecule has 1 aromatic heterocycles. The summed E-state index contributed by atoms with van der Waals surface area (Å²) in [7, 11) is 0. The first kappa shape index (κ1) is 13.8. The van der Waals surface area contributed by atoms with Crippen molar-refractivity contribution in [1.29, 1.82) is 0 Å². The molecule has 1 aliphatic carbocycles. The maximum absolute atomic E-state index is 11.7. The van der Waals surface area contributed by atoms with Crippen LogP contribution in [0.4, 0.5) is 0 Å². The molecule has 1 N–H and O–H groups in total. The van der Waals surface area contributed by atoms with Gasteiger partial charge in [-0.3, -0.25) is 4.79 Å². The van der Waals surface area contributed by atoms with Crippen molar-refractivity contribution in [2.45, 2.75) is 36.5 Å². The van der Waals surface area contributed by atoms with Gasteiger partial charge in [-0.15, -0.1) is 11.8 Å². The zero-order valence-electron chi connectivity index (χ0n) is 11.1. The standard InChI is InChI=1S/C16H16ClNOS/c17-13-6-3-4-11(8-13)10-20-16-14-7-2-1-5-12(14)9-15(19)18-16/h3-4,6,8-9H,1-2,5,7,10H2,(H,18,19). The van der Waals surface area contributed by atoms with E-state index in [9.17, 15) is 4.79 Å². The van der Waals surface area contributed by atoms with Crippen LogP contribution in [0, 0.1) is 0 Å². The van der Waals surface area contributed by atoms with Crippen molar-refractivity contribution < 1.29 is 0 Å². The van der Waals surface area contributed by atoms with Crippen molar-refractivity contribution in [1.82, 2.24) is 4.98 Å². The highest BCUT2D eigenvalue weighted by molar-refractivity contribution is 7.98. The van der Waals surface area contributed by atoms with Gasteiger partial charge in [0.1, 0.15) is 0 Å². The van der Waals surface area contributed by atoms with Gasteiger partial charge < -0.3 is 4.98 Å². The molecule has 0 amide bonds. The number of rotatable bonds is 3. The number of benzene rings is 1. The Labute approximate surface area is 127 Å². The number of fused-ring (bicyclic) bond motifs is 1. The maximum Gasteiger partial charge on any atom is 0.249 e. The molecule has 0 saturated heterocycles. The Bertz CT molecular complexity index is 680. The SMILES string of the molecule is O=c1cc2c(c(SCc3cccc(Cl)c3)[nH]1)CCCC2. The zero-order chi connectivity index (χ0) is 13.9. The third-order valence-electron chi connectivity index (χ3n) is 3.60. The second kappa shape index (κ2) is 6.06. The smallest absolute Gasteiger partial charge is 0.249 e. The molecule has 0 fully saturated rings. The molecule has 1 heterocycles. The van der Waals surface area contributed by atoms with Gasteiger partial charge >= 0.3 is 0 Å². The van der Waals surface area contributed by atoms with Gasteiger partial charge in [-0.05, 0) is 54.5 Å². The van der Waals surface area contributed by atoms with Gasteiger partial charge in [0.2, 0.25) is 5.56 Å². The number of pyridine rings is 1. The average molecular weight is 306 g/mol. The van der Waals surface area contributed by atoms with Crippen LogP contribution in [0.5, 0.6) is 0 Å². The van der Waals surface area contributed by atoms with E-state index in [4.69, 9.17) is 11.6 Å². The van der Waals surface area contributed by atoms with E-state index in [1.54, 1.807) is 17.8 Å². The number of hydrogen-bond acceptors (Lipinski definition) is 2. The lowest BCUT2D eigenvalue weighted by Gasteiger charge is -2.18. The van der Waals surface area contributed by atoms with E-state index in [0.29, 0.717) is 0 Å². The zero-order valence-corrected chi connectivity index (χ0v) is 12.7. The molecule has 0 atom stereocenters. The summed E-state index contributed by atoms with van der Waals surface area (Å²) in [5.74, 6) is 0.826. The van der Waals surface area contributed by atoms with Gasteiger partial charge in [0.05, 0.1) is 5.03 Å². The summed E-state index contributed by atoms with van der Waals surface area (Å²) in [5.41, 5.74) is 3.76. The molecule has 1 aromatic carbocycles. The second-order valence-corrected chi connectivity index (χ2v) is 6.51. The predicted molar refractivity (Wildman–Crippen MR) is 84.7 cm³/mol. The minimum Gasteiger partial charge on any atom is -0.317 e. The molecule has 3 rings (SSSR count). The Morgan fingerprint density at radius 3 is 2.90 bits per heavy atom. The molecule has 20 heavy (non-hydrogen) atoms. The van der Waals surface area contributed by atoms with Crippen molar-refractivity contribution in [3.8, 4) is 0 Å². The van der Waals surface area contributed by atoms with Crippen LogP contribution < -0.4 is 5.56 Å². The highest BCUT2D eigenvalue weighted by Gasteiger charge is 2.15. The van der Waals surface area contributed by atoms with E-state index in [-0.39, 0.29) is 5.56 Å². The molecule has 0 bridgehead atoms. The van der Waals surface area contributed by atoms with Crippen LogP contribution in [0.2, 0.25) is 5.02 Å². The number of aromatic nitrogens is 1. The summed E-state index contributed by atoms with van der Waals surface area (Å²) in [6.45, 7) is 0. The summed E-state index contributed by atoms with van der Waals surface area (Å²) in [6.07, 6.45) is 4.51.